The summed E-state index contributed by atoms with van der Waals surface area (Å²) in [6.45, 7) is 11.2. The topological polar surface area (TPSA) is 36.1 Å². The second kappa shape index (κ2) is 8.58. The van der Waals surface area contributed by atoms with E-state index in [0.717, 1.165) is 16.5 Å². The number of aryl methyl sites for hydroxylation is 1. The Bertz CT molecular complexity index is 1050. The number of aromatic nitrogens is 1. The number of hydrogen-bond acceptors (Lipinski definition) is 1. The number of nitrogens with one attached hydrogen (secondary N) is 1. The van der Waals surface area contributed by atoms with E-state index in [-0.39, 0.29) is 23.4 Å². The Morgan fingerprint density at radius 3 is 2.33 bits per heavy atom. The maximum atomic E-state index is 15.0. The molecule has 1 aliphatic rings. The SMILES string of the molecule is CC.Cc1cc(F)c([C@@H]2c3[nH]c4ccccc4c3CC(C)N2C(=O)C(C)C)c(F)c1. The number of nitrogens with zero attached hydrogens (tertiary/aromatic N) is 1. The van der Waals surface area contributed by atoms with Crippen molar-refractivity contribution in [2.45, 2.75) is 60.0 Å². The smallest absolute Gasteiger partial charge is 0.226 e. The number of amides is 1. The van der Waals surface area contributed by atoms with Gasteiger partial charge in [-0.2, -0.15) is 0 Å². The summed E-state index contributed by atoms with van der Waals surface area (Å²) in [6, 6.07) is 9.51. The van der Waals surface area contributed by atoms with Crippen LogP contribution in [-0.4, -0.2) is 21.8 Å². The third-order valence-corrected chi connectivity index (χ3v) is 5.62. The predicted molar refractivity (Wildman–Crippen MR) is 117 cm³/mol. The zero-order valence-electron chi connectivity index (χ0n) is 18.5. The van der Waals surface area contributed by atoms with Crippen LogP contribution in [0.15, 0.2) is 36.4 Å². The van der Waals surface area contributed by atoms with Crippen molar-refractivity contribution in [1.29, 1.82) is 0 Å². The molecule has 0 saturated carbocycles. The van der Waals surface area contributed by atoms with Gasteiger partial charge in [0.05, 0.1) is 5.56 Å². The first-order chi connectivity index (χ1) is 14.3. The van der Waals surface area contributed by atoms with Crippen LogP contribution in [-0.2, 0) is 11.2 Å². The molecular formula is C25H30F2N2O. The van der Waals surface area contributed by atoms with E-state index in [9.17, 15) is 4.79 Å². The molecule has 3 nitrogen and oxygen atoms in total. The molecule has 160 valence electrons. The van der Waals surface area contributed by atoms with Crippen LogP contribution in [0.5, 0.6) is 0 Å². The van der Waals surface area contributed by atoms with E-state index in [1.54, 1.807) is 11.8 Å². The number of hydrogen-bond donors (Lipinski definition) is 1. The molecule has 0 bridgehead atoms. The van der Waals surface area contributed by atoms with Crippen molar-refractivity contribution in [3.8, 4) is 0 Å². The predicted octanol–water partition coefficient (Wildman–Crippen LogP) is 6.30. The highest BCUT2D eigenvalue weighted by Crippen LogP contribution is 2.43. The van der Waals surface area contributed by atoms with Crippen molar-refractivity contribution in [2.75, 3.05) is 0 Å². The molecule has 30 heavy (non-hydrogen) atoms. The molecule has 0 radical (unpaired) electrons. The Balaban J connectivity index is 0.00000124. The lowest BCUT2D eigenvalue weighted by Crippen LogP contribution is -2.48. The van der Waals surface area contributed by atoms with Crippen LogP contribution in [0.25, 0.3) is 10.9 Å². The summed E-state index contributed by atoms with van der Waals surface area (Å²) in [4.78, 5) is 18.1. The van der Waals surface area contributed by atoms with Crippen LogP contribution in [0.3, 0.4) is 0 Å². The average Bonchev–Trinajstić information content (AvgIpc) is 3.06. The number of carbonyl (C=O) groups excluding carboxylic acids is 1. The van der Waals surface area contributed by atoms with Gasteiger partial charge in [0, 0.05) is 28.6 Å². The first kappa shape index (κ1) is 22.0. The normalized spacial score (nSPS) is 18.2. The number of carbonyl (C=O) groups is 1. The fourth-order valence-corrected chi connectivity index (χ4v) is 4.36. The lowest BCUT2D eigenvalue weighted by molar-refractivity contribution is -0.139. The van der Waals surface area contributed by atoms with E-state index in [1.165, 1.54) is 12.1 Å². The second-order valence-corrected chi connectivity index (χ2v) is 8.06. The number of rotatable bonds is 2. The van der Waals surface area contributed by atoms with Crippen molar-refractivity contribution >= 4 is 16.8 Å². The van der Waals surface area contributed by atoms with Crippen LogP contribution in [0.1, 0.15) is 63.0 Å². The first-order valence-electron chi connectivity index (χ1n) is 10.7. The number of benzene rings is 2. The molecule has 0 spiro atoms. The highest BCUT2D eigenvalue weighted by atomic mass is 19.1. The molecule has 0 aliphatic carbocycles. The van der Waals surface area contributed by atoms with Crippen LogP contribution in [0.2, 0.25) is 0 Å². The Morgan fingerprint density at radius 1 is 1.13 bits per heavy atom. The van der Waals surface area contributed by atoms with Crippen molar-refractivity contribution in [3.05, 3.63) is 70.4 Å². The maximum absolute atomic E-state index is 15.0. The lowest BCUT2D eigenvalue weighted by atomic mass is 9.87. The highest BCUT2D eigenvalue weighted by Gasteiger charge is 2.41. The van der Waals surface area contributed by atoms with Crippen molar-refractivity contribution < 1.29 is 13.6 Å². The van der Waals surface area contributed by atoms with Gasteiger partial charge in [-0.15, -0.1) is 0 Å². The van der Waals surface area contributed by atoms with Gasteiger partial charge in [-0.1, -0.05) is 45.9 Å². The molecular weight excluding hydrogens is 382 g/mol. The molecule has 2 atom stereocenters. The number of para-hydroxylation sites is 1. The maximum Gasteiger partial charge on any atom is 0.226 e. The molecule has 3 aromatic rings. The van der Waals surface area contributed by atoms with Gasteiger partial charge in [-0.25, -0.2) is 8.78 Å². The third kappa shape index (κ3) is 3.62. The van der Waals surface area contributed by atoms with E-state index in [0.29, 0.717) is 17.7 Å². The van der Waals surface area contributed by atoms with Gasteiger partial charge in [0.1, 0.15) is 17.7 Å². The summed E-state index contributed by atoms with van der Waals surface area (Å²) in [5.74, 6) is -1.63. The molecule has 1 amide bonds. The molecule has 4 rings (SSSR count). The van der Waals surface area contributed by atoms with Crippen LogP contribution < -0.4 is 0 Å². The molecule has 1 N–H and O–H groups in total. The standard InChI is InChI=1S/C23H24F2N2O.C2H6/c1-12(2)23(28)27-14(4)11-16-15-7-5-6-8-19(15)26-21(16)22(27)20-17(24)9-13(3)10-18(20)25;1-2/h5-10,12,14,22,26H,11H2,1-4H3;1-2H3/t14?,22-;/m1./s1. The molecule has 2 heterocycles. The Labute approximate surface area is 177 Å². The Hall–Kier alpha value is -2.69. The van der Waals surface area contributed by atoms with Crippen molar-refractivity contribution in [3.63, 3.8) is 0 Å². The fourth-order valence-electron chi connectivity index (χ4n) is 4.36. The molecule has 1 unspecified atom stereocenters. The summed E-state index contributed by atoms with van der Waals surface area (Å²) >= 11 is 0. The average molecular weight is 413 g/mol. The number of H-pyrrole nitrogens is 1. The van der Waals surface area contributed by atoms with Gasteiger partial charge < -0.3 is 9.88 Å². The van der Waals surface area contributed by atoms with E-state index in [4.69, 9.17) is 0 Å². The summed E-state index contributed by atoms with van der Waals surface area (Å²) in [6.07, 6.45) is 0.642. The minimum atomic E-state index is -0.818. The molecule has 1 aromatic heterocycles. The van der Waals surface area contributed by atoms with Gasteiger partial charge >= 0.3 is 0 Å². The van der Waals surface area contributed by atoms with Gasteiger partial charge in [0.25, 0.3) is 0 Å². The zero-order valence-corrected chi connectivity index (χ0v) is 18.5. The zero-order chi connectivity index (χ0) is 22.2. The summed E-state index contributed by atoms with van der Waals surface area (Å²) < 4.78 is 30.0. The molecule has 2 aromatic carbocycles. The summed E-state index contributed by atoms with van der Waals surface area (Å²) in [5, 5.41) is 1.04. The summed E-state index contributed by atoms with van der Waals surface area (Å²) in [7, 11) is 0. The molecule has 1 aliphatic heterocycles. The molecule has 0 saturated heterocycles. The summed E-state index contributed by atoms with van der Waals surface area (Å²) in [5.41, 5.74) is 3.09. The number of aromatic amines is 1. The largest absolute Gasteiger partial charge is 0.356 e. The Morgan fingerprint density at radius 2 is 1.73 bits per heavy atom. The first-order valence-corrected chi connectivity index (χ1v) is 10.7. The van der Waals surface area contributed by atoms with Gasteiger partial charge in [0.2, 0.25) is 5.91 Å². The molecule has 5 heteroatoms. The Kier molecular flexibility index (Phi) is 6.30. The monoisotopic (exact) mass is 412 g/mol. The minimum absolute atomic E-state index is 0.0704. The van der Waals surface area contributed by atoms with E-state index in [2.05, 4.69) is 4.98 Å². The lowest BCUT2D eigenvalue weighted by Gasteiger charge is -2.42. The van der Waals surface area contributed by atoms with Gasteiger partial charge in [-0.05, 0) is 49.6 Å². The molecule has 0 fully saturated rings. The number of halogens is 2. The fraction of sp³-hybridized carbons (Fsp3) is 0.400. The minimum Gasteiger partial charge on any atom is -0.356 e. The van der Waals surface area contributed by atoms with Gasteiger partial charge in [-0.3, -0.25) is 4.79 Å². The quantitative estimate of drug-likeness (QED) is 0.527. The van der Waals surface area contributed by atoms with Crippen LogP contribution in [0, 0.1) is 24.5 Å². The van der Waals surface area contributed by atoms with E-state index >= 15 is 8.78 Å². The van der Waals surface area contributed by atoms with E-state index < -0.39 is 17.7 Å². The van der Waals surface area contributed by atoms with Gasteiger partial charge in [0.15, 0.2) is 0 Å². The highest BCUT2D eigenvalue weighted by molar-refractivity contribution is 5.87. The van der Waals surface area contributed by atoms with E-state index in [1.807, 2.05) is 58.9 Å². The van der Waals surface area contributed by atoms with Crippen LogP contribution >= 0.6 is 0 Å². The third-order valence-electron chi connectivity index (χ3n) is 5.62. The van der Waals surface area contributed by atoms with Crippen LogP contribution in [0.4, 0.5) is 8.78 Å². The van der Waals surface area contributed by atoms with Crippen molar-refractivity contribution in [1.82, 2.24) is 9.88 Å². The second-order valence-electron chi connectivity index (χ2n) is 8.06. The van der Waals surface area contributed by atoms with Crippen molar-refractivity contribution in [2.24, 2.45) is 5.92 Å². The number of fused-ring (bicyclic) bond motifs is 3.